The second kappa shape index (κ2) is 5.43. The van der Waals surface area contributed by atoms with Crippen LogP contribution in [0, 0.1) is 0 Å². The molecule has 1 aliphatic carbocycles. The summed E-state index contributed by atoms with van der Waals surface area (Å²) in [5.74, 6) is -0.597. The van der Waals surface area contributed by atoms with Gasteiger partial charge < -0.3 is 5.11 Å². The van der Waals surface area contributed by atoms with Gasteiger partial charge in [0.15, 0.2) is 0 Å². The van der Waals surface area contributed by atoms with Crippen LogP contribution in [0.2, 0.25) is 0 Å². The number of imidazole rings is 1. The van der Waals surface area contributed by atoms with Gasteiger partial charge in [0.1, 0.15) is 5.82 Å². The average Bonchev–Trinajstić information content (AvgIpc) is 3.03. The van der Waals surface area contributed by atoms with Crippen LogP contribution in [-0.2, 0) is 11.3 Å². The first-order valence-corrected chi connectivity index (χ1v) is 5.83. The zero-order valence-corrected chi connectivity index (χ0v) is 9.80. The monoisotopic (exact) mass is 259 g/mol. The van der Waals surface area contributed by atoms with Crippen LogP contribution >= 0.6 is 0 Å². The molecular weight excluding hydrogens is 244 g/mol. The number of carboxylic acid groups (broad SMARTS) is 1. The lowest BCUT2D eigenvalue weighted by Gasteiger charge is -2.21. The number of carbonyl (C=O) groups is 1. The molecule has 2 rings (SSSR count). The third-order valence-corrected chi connectivity index (χ3v) is 2.98. The third kappa shape index (κ3) is 3.25. The van der Waals surface area contributed by atoms with Crippen molar-refractivity contribution in [1.29, 1.82) is 0 Å². The van der Waals surface area contributed by atoms with Crippen molar-refractivity contribution < 1.29 is 18.7 Å². The normalized spacial score (nSPS) is 15.6. The van der Waals surface area contributed by atoms with Crippen LogP contribution in [0.5, 0.6) is 0 Å². The summed E-state index contributed by atoms with van der Waals surface area (Å²) in [6, 6.07) is 0.312. The second-order valence-electron chi connectivity index (χ2n) is 4.37. The highest BCUT2D eigenvalue weighted by atomic mass is 19.3. The summed E-state index contributed by atoms with van der Waals surface area (Å²) in [5.41, 5.74) is 0. The molecule has 7 heteroatoms. The minimum atomic E-state index is -2.61. The number of rotatable bonds is 7. The van der Waals surface area contributed by atoms with Gasteiger partial charge in [0.25, 0.3) is 0 Å². The molecule has 1 fully saturated rings. The summed E-state index contributed by atoms with van der Waals surface area (Å²) in [4.78, 5) is 16.4. The van der Waals surface area contributed by atoms with Crippen LogP contribution < -0.4 is 0 Å². The quantitative estimate of drug-likeness (QED) is 0.810. The highest BCUT2D eigenvalue weighted by Crippen LogP contribution is 2.28. The van der Waals surface area contributed by atoms with Crippen LogP contribution in [0.1, 0.15) is 31.6 Å². The molecule has 100 valence electrons. The number of alkyl halides is 2. The molecule has 0 radical (unpaired) electrons. The van der Waals surface area contributed by atoms with Crippen LogP contribution in [0.4, 0.5) is 8.78 Å². The van der Waals surface area contributed by atoms with Gasteiger partial charge in [-0.2, -0.15) is 8.78 Å². The van der Waals surface area contributed by atoms with E-state index in [9.17, 15) is 13.6 Å². The summed E-state index contributed by atoms with van der Waals surface area (Å²) < 4.78 is 26.1. The largest absolute Gasteiger partial charge is 0.481 e. The molecule has 0 amide bonds. The molecule has 0 aliphatic heterocycles. The number of carboxylic acids is 1. The fourth-order valence-corrected chi connectivity index (χ4v) is 1.90. The van der Waals surface area contributed by atoms with Gasteiger partial charge in [-0.1, -0.05) is 0 Å². The molecule has 0 bridgehead atoms. The number of aromatic nitrogens is 2. The van der Waals surface area contributed by atoms with E-state index in [2.05, 4.69) is 4.98 Å². The summed E-state index contributed by atoms with van der Waals surface area (Å²) in [7, 11) is 0. The van der Waals surface area contributed by atoms with Gasteiger partial charge in [-0.3, -0.25) is 14.3 Å². The topological polar surface area (TPSA) is 58.4 Å². The lowest BCUT2D eigenvalue weighted by atomic mass is 10.3. The van der Waals surface area contributed by atoms with E-state index in [0.717, 1.165) is 17.4 Å². The van der Waals surface area contributed by atoms with Crippen molar-refractivity contribution in [3.63, 3.8) is 0 Å². The predicted octanol–water partition coefficient (Wildman–Crippen LogP) is 1.72. The molecular formula is C11H15F2N3O2. The molecule has 0 unspecified atom stereocenters. The highest BCUT2D eigenvalue weighted by Gasteiger charge is 2.30. The smallest absolute Gasteiger partial charge is 0.319 e. The van der Waals surface area contributed by atoms with Crippen LogP contribution in [0.25, 0.3) is 0 Å². The summed E-state index contributed by atoms with van der Waals surface area (Å²) >= 11 is 0. The van der Waals surface area contributed by atoms with Crippen molar-refractivity contribution in [2.45, 2.75) is 38.4 Å². The van der Waals surface area contributed by atoms with E-state index in [1.807, 2.05) is 4.90 Å². The lowest BCUT2D eigenvalue weighted by molar-refractivity contribution is -0.137. The first kappa shape index (κ1) is 12.9. The third-order valence-electron chi connectivity index (χ3n) is 2.98. The van der Waals surface area contributed by atoms with Gasteiger partial charge in [0.2, 0.25) is 0 Å². The summed E-state index contributed by atoms with van der Waals surface area (Å²) in [6.07, 6.45) is 4.59. The molecule has 0 saturated heterocycles. The van der Waals surface area contributed by atoms with Crippen molar-refractivity contribution in [2.24, 2.45) is 0 Å². The van der Waals surface area contributed by atoms with E-state index in [1.54, 1.807) is 0 Å². The number of aliphatic carboxylic acids is 1. The van der Waals surface area contributed by atoms with Gasteiger partial charge >= 0.3 is 12.5 Å². The Morgan fingerprint density at radius 1 is 1.61 bits per heavy atom. The molecule has 1 N–H and O–H groups in total. The van der Waals surface area contributed by atoms with Gasteiger partial charge in [-0.05, 0) is 12.8 Å². The van der Waals surface area contributed by atoms with Crippen molar-refractivity contribution in [3.8, 4) is 0 Å². The van der Waals surface area contributed by atoms with Crippen LogP contribution in [0.3, 0.4) is 0 Å². The maximum absolute atomic E-state index is 12.7. The lowest BCUT2D eigenvalue weighted by Crippen LogP contribution is -2.29. The Morgan fingerprint density at radius 3 is 2.89 bits per heavy atom. The molecule has 0 spiro atoms. The zero-order chi connectivity index (χ0) is 13.1. The Labute approximate surface area is 103 Å². The Balaban J connectivity index is 1.99. The maximum atomic E-state index is 12.7. The number of hydrogen-bond donors (Lipinski definition) is 1. The minimum Gasteiger partial charge on any atom is -0.481 e. The molecule has 1 aromatic rings. The zero-order valence-electron chi connectivity index (χ0n) is 9.80. The molecule has 1 heterocycles. The van der Waals surface area contributed by atoms with Gasteiger partial charge in [-0.25, -0.2) is 4.98 Å². The average molecular weight is 259 g/mol. The van der Waals surface area contributed by atoms with Crippen LogP contribution in [-0.4, -0.2) is 38.1 Å². The minimum absolute atomic E-state index is 0.0197. The Hall–Kier alpha value is -1.50. The molecule has 5 nitrogen and oxygen atoms in total. The standard InChI is InChI=1S/C11H15F2N3O2/c12-11(13)16-6-4-14-9(16)7-15(8-1-2-8)5-3-10(17)18/h4,6,8,11H,1-3,5,7H2,(H,17,18). The van der Waals surface area contributed by atoms with Crippen LogP contribution in [0.15, 0.2) is 12.4 Å². The van der Waals surface area contributed by atoms with E-state index in [-0.39, 0.29) is 18.8 Å². The molecule has 1 aliphatic rings. The maximum Gasteiger partial charge on any atom is 0.319 e. The first-order chi connectivity index (χ1) is 8.58. The van der Waals surface area contributed by atoms with Gasteiger partial charge in [0, 0.05) is 25.0 Å². The molecule has 0 aromatic carbocycles. The second-order valence-corrected chi connectivity index (χ2v) is 4.37. The van der Waals surface area contributed by atoms with Crippen molar-refractivity contribution in [1.82, 2.24) is 14.5 Å². The van der Waals surface area contributed by atoms with E-state index in [1.165, 1.54) is 12.4 Å². The highest BCUT2D eigenvalue weighted by molar-refractivity contribution is 5.66. The van der Waals surface area contributed by atoms with Gasteiger partial charge in [0.05, 0.1) is 13.0 Å². The van der Waals surface area contributed by atoms with Crippen molar-refractivity contribution in [3.05, 3.63) is 18.2 Å². The van der Waals surface area contributed by atoms with E-state index < -0.39 is 12.5 Å². The summed E-state index contributed by atoms with van der Waals surface area (Å²) in [6.45, 7) is -1.96. The first-order valence-electron chi connectivity index (χ1n) is 5.83. The predicted molar refractivity (Wildman–Crippen MR) is 59.2 cm³/mol. The number of hydrogen-bond acceptors (Lipinski definition) is 3. The Kier molecular flexibility index (Phi) is 3.90. The van der Waals surface area contributed by atoms with Gasteiger partial charge in [-0.15, -0.1) is 0 Å². The van der Waals surface area contributed by atoms with E-state index >= 15 is 0 Å². The number of nitrogens with zero attached hydrogens (tertiary/aromatic N) is 3. The Bertz CT molecular complexity index is 418. The molecule has 18 heavy (non-hydrogen) atoms. The molecule has 0 atom stereocenters. The molecule has 1 saturated carbocycles. The summed E-state index contributed by atoms with van der Waals surface area (Å²) in [5, 5.41) is 8.67. The molecule has 1 aromatic heterocycles. The van der Waals surface area contributed by atoms with E-state index in [0.29, 0.717) is 12.6 Å². The van der Waals surface area contributed by atoms with Crippen molar-refractivity contribution in [2.75, 3.05) is 6.54 Å². The van der Waals surface area contributed by atoms with E-state index in [4.69, 9.17) is 5.11 Å². The fourth-order valence-electron chi connectivity index (χ4n) is 1.90. The number of halogens is 2. The van der Waals surface area contributed by atoms with Crippen molar-refractivity contribution >= 4 is 5.97 Å². The SMILES string of the molecule is O=C(O)CCN(Cc1nccn1C(F)F)C1CC1. The Morgan fingerprint density at radius 2 is 2.33 bits per heavy atom. The fraction of sp³-hybridized carbons (Fsp3) is 0.636.